The molecule has 0 aromatic heterocycles. The summed E-state index contributed by atoms with van der Waals surface area (Å²) in [5, 5.41) is 9.33. The van der Waals surface area contributed by atoms with Crippen molar-refractivity contribution < 1.29 is 9.53 Å². The molecule has 6 heteroatoms. The third-order valence-corrected chi connectivity index (χ3v) is 4.06. The summed E-state index contributed by atoms with van der Waals surface area (Å²) in [5.74, 6) is 0. The van der Waals surface area contributed by atoms with E-state index in [-0.39, 0.29) is 6.09 Å². The van der Waals surface area contributed by atoms with Gasteiger partial charge in [0.15, 0.2) is 0 Å². The number of anilines is 1. The summed E-state index contributed by atoms with van der Waals surface area (Å²) in [6.07, 6.45) is 0.579. The summed E-state index contributed by atoms with van der Waals surface area (Å²) >= 11 is 3.39. The van der Waals surface area contributed by atoms with E-state index in [0.29, 0.717) is 25.2 Å². The van der Waals surface area contributed by atoms with Gasteiger partial charge in [-0.25, -0.2) is 4.79 Å². The summed E-state index contributed by atoms with van der Waals surface area (Å²) in [5.41, 5.74) is 1.08. The number of ether oxygens (including phenoxy) is 1. The number of hydrogen-bond donors (Lipinski definition) is 0. The fourth-order valence-corrected chi connectivity index (χ4v) is 2.90. The Hall–Kier alpha value is -1.74. The van der Waals surface area contributed by atoms with Gasteiger partial charge in [0.05, 0.1) is 11.3 Å². The average molecular weight is 380 g/mol. The maximum Gasteiger partial charge on any atom is 0.410 e. The number of carbonyl (C=O) groups excluding carboxylic acids is 1. The van der Waals surface area contributed by atoms with Crippen molar-refractivity contribution in [3.8, 4) is 6.07 Å². The zero-order chi connectivity index (χ0) is 17.0. The zero-order valence-corrected chi connectivity index (χ0v) is 15.4. The lowest BCUT2D eigenvalue weighted by Gasteiger charge is -2.27. The first-order valence-electron chi connectivity index (χ1n) is 7.73. The van der Waals surface area contributed by atoms with Gasteiger partial charge >= 0.3 is 6.09 Å². The van der Waals surface area contributed by atoms with Gasteiger partial charge in [0.2, 0.25) is 0 Å². The van der Waals surface area contributed by atoms with E-state index in [1.165, 1.54) is 0 Å². The maximum absolute atomic E-state index is 12.2. The third-order valence-electron chi connectivity index (χ3n) is 3.57. The van der Waals surface area contributed by atoms with Gasteiger partial charge in [-0.1, -0.05) is 15.9 Å². The number of benzene rings is 1. The molecule has 1 aromatic carbocycles. The second-order valence-corrected chi connectivity index (χ2v) is 7.50. The minimum Gasteiger partial charge on any atom is -0.444 e. The quantitative estimate of drug-likeness (QED) is 0.744. The van der Waals surface area contributed by atoms with Crippen LogP contribution in [-0.2, 0) is 4.74 Å². The third kappa shape index (κ3) is 4.87. The SMILES string of the molecule is CC(C)(C)OC(=O)N1CCCN(c2ccc(Br)cc2C#N)CC1. The van der Waals surface area contributed by atoms with Crippen molar-refractivity contribution in [1.29, 1.82) is 5.26 Å². The van der Waals surface area contributed by atoms with E-state index >= 15 is 0 Å². The first-order chi connectivity index (χ1) is 10.8. The lowest BCUT2D eigenvalue weighted by atomic mass is 10.1. The minimum atomic E-state index is -0.483. The smallest absolute Gasteiger partial charge is 0.410 e. The summed E-state index contributed by atoms with van der Waals surface area (Å²) in [6, 6.07) is 7.95. The van der Waals surface area contributed by atoms with E-state index in [1.54, 1.807) is 4.90 Å². The first-order valence-corrected chi connectivity index (χ1v) is 8.52. The lowest BCUT2D eigenvalue weighted by molar-refractivity contribution is 0.0263. The van der Waals surface area contributed by atoms with Gasteiger partial charge in [0.25, 0.3) is 0 Å². The molecule has 0 saturated carbocycles. The number of amides is 1. The molecule has 1 fully saturated rings. The molecule has 0 bridgehead atoms. The van der Waals surface area contributed by atoms with Crippen LogP contribution in [0.3, 0.4) is 0 Å². The molecule has 2 rings (SSSR count). The zero-order valence-electron chi connectivity index (χ0n) is 13.8. The van der Waals surface area contributed by atoms with E-state index in [0.717, 1.165) is 23.1 Å². The van der Waals surface area contributed by atoms with Gasteiger partial charge in [0, 0.05) is 30.7 Å². The monoisotopic (exact) mass is 379 g/mol. The van der Waals surface area contributed by atoms with Crippen LogP contribution in [0, 0.1) is 11.3 Å². The molecule has 0 unspecified atom stereocenters. The summed E-state index contributed by atoms with van der Waals surface area (Å²) < 4.78 is 6.34. The van der Waals surface area contributed by atoms with E-state index in [9.17, 15) is 10.1 Å². The van der Waals surface area contributed by atoms with Crippen molar-refractivity contribution in [2.75, 3.05) is 31.1 Å². The normalized spacial score (nSPS) is 15.8. The van der Waals surface area contributed by atoms with Crippen molar-refractivity contribution in [3.05, 3.63) is 28.2 Å². The first kappa shape index (κ1) is 17.6. The fraction of sp³-hybridized carbons (Fsp3) is 0.529. The van der Waals surface area contributed by atoms with Gasteiger partial charge in [-0.2, -0.15) is 5.26 Å². The van der Waals surface area contributed by atoms with Crippen molar-refractivity contribution in [2.24, 2.45) is 0 Å². The standard InChI is InChI=1S/C17H22BrN3O2/c1-17(2,3)23-16(22)21-8-4-7-20(9-10-21)15-6-5-14(18)11-13(15)12-19/h5-6,11H,4,7-10H2,1-3H3. The van der Waals surface area contributed by atoms with E-state index in [1.807, 2.05) is 39.0 Å². The highest BCUT2D eigenvalue weighted by Crippen LogP contribution is 2.25. The van der Waals surface area contributed by atoms with E-state index < -0.39 is 5.60 Å². The molecule has 1 heterocycles. The van der Waals surface area contributed by atoms with Crippen molar-refractivity contribution in [1.82, 2.24) is 4.90 Å². The molecule has 1 aliphatic rings. The Bertz CT molecular complexity index is 619. The Kier molecular flexibility index (Phi) is 5.53. The van der Waals surface area contributed by atoms with Gasteiger partial charge < -0.3 is 14.5 Å². The summed E-state index contributed by atoms with van der Waals surface area (Å²) in [7, 11) is 0. The van der Waals surface area contributed by atoms with Gasteiger partial charge in [-0.3, -0.25) is 0 Å². The summed E-state index contributed by atoms with van der Waals surface area (Å²) in [6.45, 7) is 8.38. The van der Waals surface area contributed by atoms with Crippen molar-refractivity contribution in [3.63, 3.8) is 0 Å². The Morgan fingerprint density at radius 2 is 2.00 bits per heavy atom. The van der Waals surface area contributed by atoms with Crippen molar-refractivity contribution >= 4 is 27.7 Å². The molecule has 1 amide bonds. The molecule has 1 saturated heterocycles. The highest BCUT2D eigenvalue weighted by Gasteiger charge is 2.25. The molecule has 0 N–H and O–H groups in total. The van der Waals surface area contributed by atoms with E-state index in [2.05, 4.69) is 26.9 Å². The Morgan fingerprint density at radius 1 is 1.26 bits per heavy atom. The lowest BCUT2D eigenvalue weighted by Crippen LogP contribution is -2.39. The molecule has 23 heavy (non-hydrogen) atoms. The number of nitriles is 1. The highest BCUT2D eigenvalue weighted by atomic mass is 79.9. The topological polar surface area (TPSA) is 56.6 Å². The van der Waals surface area contributed by atoms with Crippen LogP contribution in [0.1, 0.15) is 32.8 Å². The molecule has 1 aliphatic heterocycles. The van der Waals surface area contributed by atoms with E-state index in [4.69, 9.17) is 4.74 Å². The Morgan fingerprint density at radius 3 is 2.65 bits per heavy atom. The van der Waals surface area contributed by atoms with Crippen LogP contribution in [0.25, 0.3) is 0 Å². The molecule has 0 radical (unpaired) electrons. The predicted octanol–water partition coefficient (Wildman–Crippen LogP) is 3.77. The Balaban J connectivity index is 2.07. The average Bonchev–Trinajstić information content (AvgIpc) is 2.71. The second kappa shape index (κ2) is 7.22. The van der Waals surface area contributed by atoms with Crippen LogP contribution in [0.2, 0.25) is 0 Å². The fourth-order valence-electron chi connectivity index (χ4n) is 2.54. The number of carbonyl (C=O) groups is 1. The van der Waals surface area contributed by atoms with Crippen LogP contribution in [-0.4, -0.2) is 42.8 Å². The molecular weight excluding hydrogens is 358 g/mol. The van der Waals surface area contributed by atoms with Gasteiger partial charge in [0.1, 0.15) is 11.7 Å². The second-order valence-electron chi connectivity index (χ2n) is 6.58. The van der Waals surface area contributed by atoms with Gasteiger partial charge in [-0.05, 0) is 45.4 Å². The largest absolute Gasteiger partial charge is 0.444 e. The maximum atomic E-state index is 12.2. The van der Waals surface area contributed by atoms with Crippen LogP contribution < -0.4 is 4.90 Å². The molecule has 0 atom stereocenters. The number of halogens is 1. The van der Waals surface area contributed by atoms with Gasteiger partial charge in [-0.15, -0.1) is 0 Å². The minimum absolute atomic E-state index is 0.268. The molecule has 1 aromatic rings. The van der Waals surface area contributed by atoms with Crippen LogP contribution in [0.5, 0.6) is 0 Å². The van der Waals surface area contributed by atoms with Crippen molar-refractivity contribution in [2.45, 2.75) is 32.8 Å². The molecule has 0 spiro atoms. The van der Waals surface area contributed by atoms with Crippen LogP contribution in [0.15, 0.2) is 22.7 Å². The molecule has 5 nitrogen and oxygen atoms in total. The van der Waals surface area contributed by atoms with Crippen LogP contribution >= 0.6 is 15.9 Å². The number of nitrogens with zero attached hydrogens (tertiary/aromatic N) is 3. The molecule has 124 valence electrons. The predicted molar refractivity (Wildman–Crippen MR) is 93.5 cm³/mol. The highest BCUT2D eigenvalue weighted by molar-refractivity contribution is 9.10. The molecule has 0 aliphatic carbocycles. The van der Waals surface area contributed by atoms with Crippen LogP contribution in [0.4, 0.5) is 10.5 Å². The summed E-state index contributed by atoms with van der Waals surface area (Å²) in [4.78, 5) is 16.1. The molecular formula is C17H22BrN3O2. The number of rotatable bonds is 1. The Labute approximate surface area is 145 Å². The number of hydrogen-bond acceptors (Lipinski definition) is 4.